The number of carbonyl (C=O) groups is 1. The van der Waals surface area contributed by atoms with Gasteiger partial charge in [-0.25, -0.2) is 4.79 Å². The van der Waals surface area contributed by atoms with Crippen molar-refractivity contribution in [1.82, 2.24) is 0 Å². The fraction of sp³-hybridized carbons (Fsp3) is 0. The van der Waals surface area contributed by atoms with Crippen LogP contribution in [0.25, 0.3) is 0 Å². The molecule has 18 heavy (non-hydrogen) atoms. The number of nitrogens with zero attached hydrogens (tertiary/aromatic N) is 1. The molecule has 4 heteroatoms. The normalized spacial score (nSPS) is 9.56. The molecule has 0 saturated carbocycles. The zero-order chi connectivity index (χ0) is 13.0. The molecule has 0 bridgehead atoms. The molecule has 0 aliphatic carbocycles. The molecule has 0 spiro atoms. The molecule has 0 fully saturated rings. The molecule has 0 saturated heterocycles. The zero-order valence-corrected chi connectivity index (χ0v) is 10.8. The van der Waals surface area contributed by atoms with Crippen LogP contribution in [0.5, 0.6) is 5.75 Å². The molecule has 2 aromatic rings. The zero-order valence-electron chi connectivity index (χ0n) is 9.26. The highest BCUT2D eigenvalue weighted by Crippen LogP contribution is 2.16. The average molecular weight is 302 g/mol. The van der Waals surface area contributed by atoms with E-state index in [9.17, 15) is 4.79 Å². The lowest BCUT2D eigenvalue weighted by Crippen LogP contribution is -2.08. The van der Waals surface area contributed by atoms with Crippen LogP contribution in [0.1, 0.15) is 15.9 Å². The Hall–Kier alpha value is -2.12. The van der Waals surface area contributed by atoms with Gasteiger partial charge in [-0.05, 0) is 42.5 Å². The van der Waals surface area contributed by atoms with E-state index in [1.54, 1.807) is 42.5 Å². The number of hydrogen-bond donors (Lipinski definition) is 0. The summed E-state index contributed by atoms with van der Waals surface area (Å²) in [5.74, 6) is -0.0837. The minimum atomic E-state index is -0.447. The van der Waals surface area contributed by atoms with E-state index < -0.39 is 5.97 Å². The van der Waals surface area contributed by atoms with Crippen LogP contribution in [0, 0.1) is 11.3 Å². The second-order valence-electron chi connectivity index (χ2n) is 3.54. The van der Waals surface area contributed by atoms with Gasteiger partial charge in [0.15, 0.2) is 0 Å². The number of hydrogen-bond acceptors (Lipinski definition) is 3. The van der Waals surface area contributed by atoms with Crippen LogP contribution >= 0.6 is 15.9 Å². The van der Waals surface area contributed by atoms with Gasteiger partial charge in [0, 0.05) is 4.47 Å². The van der Waals surface area contributed by atoms with Gasteiger partial charge in [-0.15, -0.1) is 0 Å². The number of rotatable bonds is 2. The van der Waals surface area contributed by atoms with E-state index in [1.807, 2.05) is 6.07 Å². The van der Waals surface area contributed by atoms with Crippen LogP contribution < -0.4 is 4.74 Å². The Labute approximate surface area is 113 Å². The minimum Gasteiger partial charge on any atom is -0.423 e. The highest BCUT2D eigenvalue weighted by Gasteiger charge is 2.08. The van der Waals surface area contributed by atoms with Gasteiger partial charge >= 0.3 is 5.97 Å². The summed E-state index contributed by atoms with van der Waals surface area (Å²) < 4.78 is 6.07. The third kappa shape index (κ3) is 2.96. The minimum absolute atomic E-state index is 0.363. The smallest absolute Gasteiger partial charge is 0.343 e. The number of nitriles is 1. The van der Waals surface area contributed by atoms with Gasteiger partial charge < -0.3 is 4.74 Å². The van der Waals surface area contributed by atoms with Crippen LogP contribution in [0.3, 0.4) is 0 Å². The maximum Gasteiger partial charge on any atom is 0.343 e. The fourth-order valence-electron chi connectivity index (χ4n) is 1.38. The molecule has 0 amide bonds. The first-order valence-electron chi connectivity index (χ1n) is 5.17. The summed E-state index contributed by atoms with van der Waals surface area (Å²) >= 11 is 3.29. The summed E-state index contributed by atoms with van der Waals surface area (Å²) in [4.78, 5) is 11.8. The van der Waals surface area contributed by atoms with Crippen molar-refractivity contribution in [3.05, 3.63) is 64.1 Å². The molecule has 0 heterocycles. The molecule has 2 rings (SSSR count). The van der Waals surface area contributed by atoms with Gasteiger partial charge in [-0.2, -0.15) is 5.26 Å². The molecule has 0 unspecified atom stereocenters. The van der Waals surface area contributed by atoms with Gasteiger partial charge in [0.2, 0.25) is 0 Å². The van der Waals surface area contributed by atoms with E-state index in [4.69, 9.17) is 10.00 Å². The SMILES string of the molecule is N#Cc1cccc(OC(=O)c2ccc(Br)cc2)c1. The average Bonchev–Trinajstić information content (AvgIpc) is 2.39. The Bertz CT molecular complexity index is 614. The Morgan fingerprint density at radius 1 is 1.17 bits per heavy atom. The number of benzene rings is 2. The Balaban J connectivity index is 2.16. The molecule has 3 nitrogen and oxygen atoms in total. The molecule has 2 aromatic carbocycles. The maximum atomic E-state index is 11.8. The summed E-state index contributed by atoms with van der Waals surface area (Å²) in [6, 6.07) is 15.3. The highest BCUT2D eigenvalue weighted by molar-refractivity contribution is 9.10. The lowest BCUT2D eigenvalue weighted by Gasteiger charge is -2.04. The number of ether oxygens (including phenoxy) is 1. The van der Waals surface area contributed by atoms with Gasteiger partial charge in [0.25, 0.3) is 0 Å². The van der Waals surface area contributed by atoms with Crippen molar-refractivity contribution < 1.29 is 9.53 Å². The Kier molecular flexibility index (Phi) is 3.75. The third-order valence-electron chi connectivity index (χ3n) is 2.25. The highest BCUT2D eigenvalue weighted by atomic mass is 79.9. The monoisotopic (exact) mass is 301 g/mol. The van der Waals surface area contributed by atoms with Crippen LogP contribution in [0.4, 0.5) is 0 Å². The van der Waals surface area contributed by atoms with Crippen LogP contribution in [-0.4, -0.2) is 5.97 Å². The fourth-order valence-corrected chi connectivity index (χ4v) is 1.65. The number of carbonyl (C=O) groups excluding carboxylic acids is 1. The molecule has 0 aromatic heterocycles. The third-order valence-corrected chi connectivity index (χ3v) is 2.78. The quantitative estimate of drug-likeness (QED) is 0.630. The van der Waals surface area contributed by atoms with Crippen molar-refractivity contribution in [2.45, 2.75) is 0 Å². The number of halogens is 1. The molecule has 88 valence electrons. The van der Waals surface area contributed by atoms with E-state index in [0.717, 1.165) is 4.47 Å². The van der Waals surface area contributed by atoms with Crippen LogP contribution in [0.15, 0.2) is 53.0 Å². The van der Waals surface area contributed by atoms with Crippen molar-refractivity contribution in [2.75, 3.05) is 0 Å². The van der Waals surface area contributed by atoms with Crippen molar-refractivity contribution in [3.8, 4) is 11.8 Å². The van der Waals surface area contributed by atoms with E-state index in [2.05, 4.69) is 15.9 Å². The van der Waals surface area contributed by atoms with E-state index in [1.165, 1.54) is 6.07 Å². The molecule has 0 N–H and O–H groups in total. The first-order chi connectivity index (χ1) is 8.69. The van der Waals surface area contributed by atoms with Gasteiger partial charge in [-0.3, -0.25) is 0 Å². The predicted molar refractivity (Wildman–Crippen MR) is 70.3 cm³/mol. The largest absolute Gasteiger partial charge is 0.423 e. The van der Waals surface area contributed by atoms with E-state index in [-0.39, 0.29) is 0 Å². The first kappa shape index (κ1) is 12.3. The second kappa shape index (κ2) is 5.48. The molecule has 0 radical (unpaired) electrons. The molecular formula is C14H8BrNO2. The van der Waals surface area contributed by atoms with Gasteiger partial charge in [0.05, 0.1) is 17.2 Å². The van der Waals surface area contributed by atoms with E-state index in [0.29, 0.717) is 16.9 Å². The summed E-state index contributed by atoms with van der Waals surface area (Å²) in [7, 11) is 0. The summed E-state index contributed by atoms with van der Waals surface area (Å²) in [6.45, 7) is 0. The molecule has 0 aliphatic rings. The predicted octanol–water partition coefficient (Wildman–Crippen LogP) is 3.54. The van der Waals surface area contributed by atoms with Gasteiger partial charge in [-0.1, -0.05) is 22.0 Å². The molecule has 0 aliphatic heterocycles. The van der Waals surface area contributed by atoms with Crippen molar-refractivity contribution >= 4 is 21.9 Å². The standard InChI is InChI=1S/C14H8BrNO2/c15-12-6-4-11(5-7-12)14(17)18-13-3-1-2-10(8-13)9-16/h1-8H. The molecule has 0 atom stereocenters. The summed E-state index contributed by atoms with van der Waals surface area (Å²) in [6.07, 6.45) is 0. The summed E-state index contributed by atoms with van der Waals surface area (Å²) in [5.41, 5.74) is 0.914. The van der Waals surface area contributed by atoms with Crippen LogP contribution in [-0.2, 0) is 0 Å². The van der Waals surface area contributed by atoms with Crippen molar-refractivity contribution in [2.24, 2.45) is 0 Å². The lowest BCUT2D eigenvalue weighted by molar-refractivity contribution is 0.0735. The summed E-state index contributed by atoms with van der Waals surface area (Å²) in [5, 5.41) is 8.75. The molecular weight excluding hydrogens is 294 g/mol. The first-order valence-corrected chi connectivity index (χ1v) is 5.96. The van der Waals surface area contributed by atoms with Crippen molar-refractivity contribution in [3.63, 3.8) is 0 Å². The lowest BCUT2D eigenvalue weighted by atomic mass is 10.2. The Morgan fingerprint density at radius 3 is 2.56 bits per heavy atom. The Morgan fingerprint density at radius 2 is 1.89 bits per heavy atom. The second-order valence-corrected chi connectivity index (χ2v) is 4.45. The topological polar surface area (TPSA) is 50.1 Å². The van der Waals surface area contributed by atoms with Gasteiger partial charge in [0.1, 0.15) is 5.75 Å². The van der Waals surface area contributed by atoms with Crippen molar-refractivity contribution in [1.29, 1.82) is 5.26 Å². The number of esters is 1. The van der Waals surface area contributed by atoms with Crippen LogP contribution in [0.2, 0.25) is 0 Å². The van der Waals surface area contributed by atoms with E-state index >= 15 is 0 Å². The maximum absolute atomic E-state index is 11.8.